The van der Waals surface area contributed by atoms with Crippen LogP contribution in [-0.4, -0.2) is 43.6 Å². The smallest absolute Gasteiger partial charge is 0.321 e. The minimum atomic E-state index is -3.73. The van der Waals surface area contributed by atoms with E-state index in [2.05, 4.69) is 4.74 Å². The Morgan fingerprint density at radius 3 is 2.28 bits per heavy atom. The van der Waals surface area contributed by atoms with Crippen molar-refractivity contribution in [2.45, 2.75) is 37.9 Å². The van der Waals surface area contributed by atoms with Crippen molar-refractivity contribution in [3.63, 3.8) is 0 Å². The molecule has 1 fully saturated rings. The van der Waals surface area contributed by atoms with Gasteiger partial charge in [-0.2, -0.15) is 0 Å². The number of ether oxygens (including phenoxy) is 1. The highest BCUT2D eigenvalue weighted by molar-refractivity contribution is 7.92. The number of carbonyl (C=O) groups is 2. The van der Waals surface area contributed by atoms with E-state index in [1.807, 2.05) is 0 Å². The maximum atomic E-state index is 12.0. The van der Waals surface area contributed by atoms with Crippen molar-refractivity contribution in [2.75, 3.05) is 12.9 Å². The topological polar surface area (TPSA) is 97.7 Å². The van der Waals surface area contributed by atoms with Crippen LogP contribution in [0.25, 0.3) is 0 Å². The predicted octanol–water partition coefficient (Wildman–Crippen LogP) is 0.608. The summed E-state index contributed by atoms with van der Waals surface area (Å²) in [6.45, 7) is 1.52. The van der Waals surface area contributed by atoms with E-state index >= 15 is 0 Å². The molecule has 1 atom stereocenters. The molecular formula is C11H18O6S. The summed E-state index contributed by atoms with van der Waals surface area (Å²) in [6.07, 6.45) is 1.32. The van der Waals surface area contributed by atoms with Crippen LogP contribution in [0.2, 0.25) is 0 Å². The summed E-state index contributed by atoms with van der Waals surface area (Å²) in [7, 11) is -2.48. The average Bonchev–Trinajstić information content (AvgIpc) is 2.96. The summed E-state index contributed by atoms with van der Waals surface area (Å²) in [5.41, 5.74) is -0.602. The molecule has 0 spiro atoms. The number of rotatable bonds is 7. The van der Waals surface area contributed by atoms with E-state index in [0.717, 1.165) is 0 Å². The highest BCUT2D eigenvalue weighted by atomic mass is 32.2. The zero-order valence-electron chi connectivity index (χ0n) is 10.5. The molecule has 6 nitrogen and oxygen atoms in total. The highest BCUT2D eigenvalue weighted by Crippen LogP contribution is 2.50. The number of carbonyl (C=O) groups excluding carboxylic acids is 1. The number of carboxylic acids is 1. The van der Waals surface area contributed by atoms with E-state index < -0.39 is 32.4 Å². The minimum absolute atomic E-state index is 0.0337. The fourth-order valence-corrected chi connectivity index (χ4v) is 4.30. The van der Waals surface area contributed by atoms with E-state index in [1.165, 1.54) is 14.0 Å². The molecule has 0 radical (unpaired) electrons. The minimum Gasteiger partial charge on any atom is -0.480 e. The van der Waals surface area contributed by atoms with Gasteiger partial charge in [0.2, 0.25) is 0 Å². The van der Waals surface area contributed by atoms with Crippen LogP contribution < -0.4 is 0 Å². The number of carboxylic acid groups (broad SMARTS) is 1. The lowest BCUT2D eigenvalue weighted by Crippen LogP contribution is -2.35. The van der Waals surface area contributed by atoms with Gasteiger partial charge < -0.3 is 9.84 Å². The van der Waals surface area contributed by atoms with Crippen molar-refractivity contribution < 1.29 is 27.9 Å². The van der Waals surface area contributed by atoms with Crippen LogP contribution in [0.15, 0.2) is 0 Å². The van der Waals surface area contributed by atoms with Gasteiger partial charge >= 0.3 is 11.9 Å². The first-order valence-electron chi connectivity index (χ1n) is 5.77. The number of esters is 1. The summed E-state index contributed by atoms with van der Waals surface area (Å²) in [4.78, 5) is 22.1. The monoisotopic (exact) mass is 278 g/mol. The Morgan fingerprint density at radius 1 is 1.39 bits per heavy atom. The molecular weight excluding hydrogens is 260 g/mol. The summed E-state index contributed by atoms with van der Waals surface area (Å²) < 4.78 is 28.5. The molecule has 104 valence electrons. The molecule has 1 saturated carbocycles. The predicted molar refractivity (Wildman–Crippen MR) is 63.8 cm³/mol. The lowest BCUT2D eigenvalue weighted by molar-refractivity contribution is -0.141. The molecule has 1 unspecified atom stereocenters. The largest absolute Gasteiger partial charge is 0.480 e. The maximum Gasteiger partial charge on any atom is 0.321 e. The second-order valence-corrected chi connectivity index (χ2v) is 6.98. The lowest BCUT2D eigenvalue weighted by atomic mass is 10.1. The second-order valence-electron chi connectivity index (χ2n) is 4.80. The fraction of sp³-hybridized carbons (Fsp3) is 0.818. The Morgan fingerprint density at radius 2 is 1.94 bits per heavy atom. The molecule has 0 aliphatic heterocycles. The van der Waals surface area contributed by atoms with Crippen LogP contribution in [0.1, 0.15) is 32.6 Å². The molecule has 0 bridgehead atoms. The van der Waals surface area contributed by atoms with Gasteiger partial charge in [0.15, 0.2) is 15.1 Å². The van der Waals surface area contributed by atoms with Crippen LogP contribution in [-0.2, 0) is 24.2 Å². The highest BCUT2D eigenvalue weighted by Gasteiger charge is 2.50. The van der Waals surface area contributed by atoms with E-state index in [4.69, 9.17) is 5.11 Å². The number of aliphatic carboxylic acids is 1. The van der Waals surface area contributed by atoms with Gasteiger partial charge in [-0.1, -0.05) is 6.92 Å². The van der Waals surface area contributed by atoms with E-state index in [9.17, 15) is 18.0 Å². The first-order valence-corrected chi connectivity index (χ1v) is 7.49. The molecule has 0 heterocycles. The zero-order valence-corrected chi connectivity index (χ0v) is 11.3. The van der Waals surface area contributed by atoms with Crippen molar-refractivity contribution in [1.29, 1.82) is 0 Å². The summed E-state index contributed by atoms with van der Waals surface area (Å²) in [5.74, 6) is -2.03. The first-order chi connectivity index (χ1) is 8.26. The van der Waals surface area contributed by atoms with Gasteiger partial charge in [0.1, 0.15) is 0 Å². The van der Waals surface area contributed by atoms with Crippen molar-refractivity contribution in [1.82, 2.24) is 0 Å². The van der Waals surface area contributed by atoms with E-state index in [1.54, 1.807) is 0 Å². The summed E-state index contributed by atoms with van der Waals surface area (Å²) in [5, 5.41) is 7.50. The Balaban J connectivity index is 2.77. The first kappa shape index (κ1) is 14.9. The maximum absolute atomic E-state index is 12.0. The van der Waals surface area contributed by atoms with Crippen molar-refractivity contribution in [2.24, 2.45) is 5.41 Å². The standard InChI is InChI=1S/C11H18O6S/c1-3-8(10(13)14)18(15,16)7-11(4-5-11)6-9(12)17-2/h8H,3-7H2,1-2H3,(H,13,14). The Labute approximate surface area is 106 Å². The van der Waals surface area contributed by atoms with Gasteiger partial charge in [0, 0.05) is 0 Å². The molecule has 0 aromatic carbocycles. The van der Waals surface area contributed by atoms with Crippen molar-refractivity contribution >= 4 is 21.8 Å². The van der Waals surface area contributed by atoms with Gasteiger partial charge in [-0.15, -0.1) is 0 Å². The Hall–Kier alpha value is -1.11. The number of hydrogen-bond donors (Lipinski definition) is 1. The number of methoxy groups -OCH3 is 1. The van der Waals surface area contributed by atoms with Gasteiger partial charge in [-0.05, 0) is 24.7 Å². The molecule has 1 N–H and O–H groups in total. The molecule has 18 heavy (non-hydrogen) atoms. The molecule has 1 rings (SSSR count). The van der Waals surface area contributed by atoms with Gasteiger partial charge in [0.25, 0.3) is 0 Å². The third-order valence-corrected chi connectivity index (χ3v) is 5.71. The molecule has 0 saturated heterocycles. The fourth-order valence-electron chi connectivity index (χ4n) is 2.04. The van der Waals surface area contributed by atoms with Crippen LogP contribution in [0.4, 0.5) is 0 Å². The molecule has 0 aromatic heterocycles. The molecule has 7 heteroatoms. The Bertz CT molecular complexity index is 434. The lowest BCUT2D eigenvalue weighted by Gasteiger charge is -2.17. The van der Waals surface area contributed by atoms with Crippen LogP contribution in [0.3, 0.4) is 0 Å². The summed E-state index contributed by atoms with van der Waals surface area (Å²) in [6, 6.07) is 0. The van der Waals surface area contributed by atoms with Gasteiger partial charge in [-0.3, -0.25) is 9.59 Å². The zero-order chi connectivity index (χ0) is 14.0. The van der Waals surface area contributed by atoms with Gasteiger partial charge in [0.05, 0.1) is 19.3 Å². The quantitative estimate of drug-likeness (QED) is 0.685. The number of hydrogen-bond acceptors (Lipinski definition) is 5. The SMILES string of the molecule is CCC(C(=O)O)S(=O)(=O)CC1(CC(=O)OC)CC1. The molecule has 0 amide bonds. The van der Waals surface area contributed by atoms with E-state index in [-0.39, 0.29) is 18.6 Å². The van der Waals surface area contributed by atoms with E-state index in [0.29, 0.717) is 12.8 Å². The average molecular weight is 278 g/mol. The third kappa shape index (κ3) is 3.44. The van der Waals surface area contributed by atoms with Crippen LogP contribution in [0.5, 0.6) is 0 Å². The molecule has 0 aromatic rings. The molecule has 1 aliphatic rings. The Kier molecular flexibility index (Phi) is 4.37. The third-order valence-electron chi connectivity index (χ3n) is 3.29. The number of sulfone groups is 1. The normalized spacial score (nSPS) is 19.0. The second kappa shape index (κ2) is 5.26. The molecule has 1 aliphatic carbocycles. The summed E-state index contributed by atoms with van der Waals surface area (Å²) >= 11 is 0. The van der Waals surface area contributed by atoms with Crippen LogP contribution in [0, 0.1) is 5.41 Å². The van der Waals surface area contributed by atoms with Crippen LogP contribution >= 0.6 is 0 Å². The van der Waals surface area contributed by atoms with Crippen molar-refractivity contribution in [3.05, 3.63) is 0 Å². The van der Waals surface area contributed by atoms with Crippen molar-refractivity contribution in [3.8, 4) is 0 Å². The van der Waals surface area contributed by atoms with Gasteiger partial charge in [-0.25, -0.2) is 8.42 Å².